The minimum Gasteiger partial charge on any atom is -0.394 e. The lowest BCUT2D eigenvalue weighted by Crippen LogP contribution is -2.49. The average molecular weight is 495 g/mol. The highest BCUT2D eigenvalue weighted by molar-refractivity contribution is 7.85. The molecule has 0 amide bonds. The fourth-order valence-electron chi connectivity index (χ4n) is 4.81. The van der Waals surface area contributed by atoms with Gasteiger partial charge in [-0.2, -0.15) is 4.98 Å². The van der Waals surface area contributed by atoms with Crippen molar-refractivity contribution in [1.82, 2.24) is 19.9 Å². The minimum atomic E-state index is -1.20. The first-order valence-electron chi connectivity index (χ1n) is 11.5. The maximum Gasteiger partial charge on any atom is 0.227 e. The normalized spacial score (nSPS) is 26.8. The number of rotatable bonds is 5. The Labute approximate surface area is 199 Å². The molecular formula is C22H28ClFN6O2S. The molecule has 0 aromatic carbocycles. The monoisotopic (exact) mass is 494 g/mol. The second kappa shape index (κ2) is 9.38. The van der Waals surface area contributed by atoms with Crippen LogP contribution in [0.25, 0.3) is 0 Å². The van der Waals surface area contributed by atoms with Crippen LogP contribution in [0.5, 0.6) is 0 Å². The van der Waals surface area contributed by atoms with Crippen molar-refractivity contribution in [3.63, 3.8) is 0 Å². The number of nitrogens with one attached hydrogen (secondary N) is 1. The van der Waals surface area contributed by atoms with Gasteiger partial charge in [-0.1, -0.05) is 11.6 Å². The number of nitrogens with zero attached hydrogens (tertiary/aromatic N) is 5. The number of anilines is 2. The van der Waals surface area contributed by atoms with Crippen LogP contribution in [0.2, 0.25) is 5.02 Å². The summed E-state index contributed by atoms with van der Waals surface area (Å²) in [5.41, 5.74) is 0.335. The zero-order valence-electron chi connectivity index (χ0n) is 18.3. The number of piperidine rings is 1. The van der Waals surface area contributed by atoms with E-state index in [1.165, 1.54) is 12.4 Å². The Morgan fingerprint density at radius 3 is 2.70 bits per heavy atom. The number of aliphatic hydroxyl groups excluding tert-OH is 1. The summed E-state index contributed by atoms with van der Waals surface area (Å²) in [4.78, 5) is 20.4. The van der Waals surface area contributed by atoms with Gasteiger partial charge < -0.3 is 15.3 Å². The Balaban J connectivity index is 1.43. The highest BCUT2D eigenvalue weighted by Gasteiger charge is 2.39. The van der Waals surface area contributed by atoms with E-state index in [0.717, 1.165) is 37.8 Å². The molecule has 0 spiro atoms. The molecule has 3 aliphatic rings. The molecule has 33 heavy (non-hydrogen) atoms. The van der Waals surface area contributed by atoms with Gasteiger partial charge in [0.2, 0.25) is 5.95 Å². The van der Waals surface area contributed by atoms with E-state index in [-0.39, 0.29) is 13.2 Å². The lowest BCUT2D eigenvalue weighted by molar-refractivity contribution is 0.143. The highest BCUT2D eigenvalue weighted by atomic mass is 35.5. The van der Waals surface area contributed by atoms with Crippen molar-refractivity contribution >= 4 is 34.2 Å². The van der Waals surface area contributed by atoms with E-state index in [1.54, 1.807) is 0 Å². The van der Waals surface area contributed by atoms with Crippen molar-refractivity contribution in [2.75, 3.05) is 35.7 Å². The quantitative estimate of drug-likeness (QED) is 0.653. The second-order valence-corrected chi connectivity index (χ2v) is 11.1. The van der Waals surface area contributed by atoms with Crippen molar-refractivity contribution in [2.45, 2.75) is 67.5 Å². The lowest BCUT2D eigenvalue weighted by atomic mass is 9.77. The fraction of sp³-hybridized carbons (Fsp3) is 0.636. The van der Waals surface area contributed by atoms with Gasteiger partial charge in [0.1, 0.15) is 22.7 Å². The van der Waals surface area contributed by atoms with Crippen molar-refractivity contribution < 1.29 is 13.7 Å². The van der Waals surface area contributed by atoms with Crippen molar-refractivity contribution in [3.05, 3.63) is 28.9 Å². The number of hydrogen-bond donors (Lipinski definition) is 2. The van der Waals surface area contributed by atoms with Gasteiger partial charge >= 0.3 is 0 Å². The van der Waals surface area contributed by atoms with E-state index < -0.39 is 28.4 Å². The molecule has 2 fully saturated rings. The minimum absolute atomic E-state index is 0.00716. The highest BCUT2D eigenvalue weighted by Crippen LogP contribution is 2.38. The summed E-state index contributed by atoms with van der Waals surface area (Å²) in [6.07, 6.45) is 7.52. The molecule has 3 atom stereocenters. The maximum absolute atomic E-state index is 15.2. The van der Waals surface area contributed by atoms with E-state index >= 15 is 4.39 Å². The van der Waals surface area contributed by atoms with Crippen LogP contribution >= 0.6 is 11.6 Å². The zero-order valence-corrected chi connectivity index (χ0v) is 19.9. The summed E-state index contributed by atoms with van der Waals surface area (Å²) in [5, 5.41) is 13.8. The first-order valence-corrected chi connectivity index (χ1v) is 13.2. The van der Waals surface area contributed by atoms with Crippen LogP contribution in [0.1, 0.15) is 56.0 Å². The molecule has 0 bridgehead atoms. The summed E-state index contributed by atoms with van der Waals surface area (Å²) in [7, 11) is -1.20. The van der Waals surface area contributed by atoms with Crippen molar-refractivity contribution in [2.24, 2.45) is 0 Å². The van der Waals surface area contributed by atoms with Gasteiger partial charge in [0.15, 0.2) is 0 Å². The molecule has 5 rings (SSSR count). The molecule has 8 nitrogen and oxygen atoms in total. The molecule has 178 valence electrons. The van der Waals surface area contributed by atoms with E-state index in [2.05, 4.69) is 15.3 Å². The third-order valence-corrected chi connectivity index (χ3v) is 8.68. The number of aryl methyl sites for hydroxylation is 1. The second-order valence-electron chi connectivity index (χ2n) is 9.19. The number of hydrogen-bond acceptors (Lipinski definition) is 8. The summed E-state index contributed by atoms with van der Waals surface area (Å²) in [6, 6.07) is 0. The molecule has 1 saturated heterocycles. The van der Waals surface area contributed by atoms with Crippen LogP contribution in [0.15, 0.2) is 17.3 Å². The first kappa shape index (κ1) is 22.9. The number of aromatic nitrogens is 4. The molecule has 1 aliphatic carbocycles. The molecule has 2 aliphatic heterocycles. The van der Waals surface area contributed by atoms with Crippen molar-refractivity contribution in [1.29, 1.82) is 0 Å². The van der Waals surface area contributed by atoms with Gasteiger partial charge in [-0.15, -0.1) is 0 Å². The van der Waals surface area contributed by atoms with E-state index in [0.29, 0.717) is 52.6 Å². The van der Waals surface area contributed by atoms with E-state index in [9.17, 15) is 9.32 Å². The number of alkyl halides is 1. The molecule has 4 heterocycles. The van der Waals surface area contributed by atoms with Gasteiger partial charge in [0, 0.05) is 24.7 Å². The summed E-state index contributed by atoms with van der Waals surface area (Å²) in [6.45, 7) is 0.680. The average Bonchev–Trinajstić information content (AvgIpc) is 2.98. The summed E-state index contributed by atoms with van der Waals surface area (Å²) in [5.74, 6) is 1.61. The summed E-state index contributed by atoms with van der Waals surface area (Å²) < 4.78 is 28.2. The van der Waals surface area contributed by atoms with Crippen LogP contribution in [-0.4, -0.2) is 66.4 Å². The van der Waals surface area contributed by atoms with Gasteiger partial charge in [0.05, 0.1) is 46.1 Å². The molecule has 2 aromatic heterocycles. The molecule has 11 heteroatoms. The van der Waals surface area contributed by atoms with Gasteiger partial charge in [-0.05, 0) is 44.9 Å². The number of fused-ring (bicyclic) bond motifs is 1. The number of aliphatic hydroxyl groups is 1. The largest absolute Gasteiger partial charge is 0.394 e. The Kier molecular flexibility index (Phi) is 6.50. The van der Waals surface area contributed by atoms with Crippen LogP contribution < -0.4 is 10.2 Å². The van der Waals surface area contributed by atoms with E-state index in [1.807, 2.05) is 4.90 Å². The first-order chi connectivity index (χ1) is 16.0. The molecule has 2 N–H and O–H groups in total. The molecule has 2 unspecified atom stereocenters. The van der Waals surface area contributed by atoms with Gasteiger partial charge in [0.25, 0.3) is 0 Å². The molecule has 1 saturated carbocycles. The zero-order chi connectivity index (χ0) is 23.0. The Bertz CT molecular complexity index is 1030. The van der Waals surface area contributed by atoms with Crippen LogP contribution in [0.3, 0.4) is 0 Å². The topological polar surface area (TPSA) is 104 Å². The summed E-state index contributed by atoms with van der Waals surface area (Å²) >= 11 is 5.87. The van der Waals surface area contributed by atoms with Gasteiger partial charge in [-0.25, -0.2) is 19.3 Å². The van der Waals surface area contributed by atoms with Crippen LogP contribution in [0, 0.1) is 0 Å². The van der Waals surface area contributed by atoms with Crippen LogP contribution in [0.4, 0.5) is 16.2 Å². The third-order valence-electron chi connectivity index (χ3n) is 6.94. The SMILES string of the molecule is O=[S@@]1CCCCc2nc(N3CCC(c4ncc(Cl)cn4)C(F)C3)nc(NC3(CO)CCC3)c21. The lowest BCUT2D eigenvalue weighted by Gasteiger charge is -2.42. The molecular weight excluding hydrogens is 467 g/mol. The predicted molar refractivity (Wildman–Crippen MR) is 125 cm³/mol. The fourth-order valence-corrected chi connectivity index (χ4v) is 6.31. The predicted octanol–water partition coefficient (Wildman–Crippen LogP) is 3.02. The third kappa shape index (κ3) is 4.57. The van der Waals surface area contributed by atoms with Gasteiger partial charge in [-0.3, -0.25) is 4.21 Å². The molecule has 2 aromatic rings. The Morgan fingerprint density at radius 1 is 1.24 bits per heavy atom. The molecule has 0 radical (unpaired) electrons. The standard InChI is InChI=1S/C22H28ClFN6O2S/c23-14-10-25-19(26-11-14)15-5-8-30(12-16(15)24)21-27-17-4-1-2-9-33(32)18(17)20(28-21)29-22(13-31)6-3-7-22/h10-11,15-16,31H,1-9,12-13H2,(H,27,28,29)/t15?,16?,33-/m1/s1. The smallest absolute Gasteiger partial charge is 0.227 e. The Morgan fingerprint density at radius 2 is 2.03 bits per heavy atom. The Hall–Kier alpha value is -1.91. The van der Waals surface area contributed by atoms with E-state index in [4.69, 9.17) is 21.6 Å². The van der Waals surface area contributed by atoms with Crippen LogP contribution in [-0.2, 0) is 17.2 Å². The number of halogens is 2. The maximum atomic E-state index is 15.2. The van der Waals surface area contributed by atoms with Crippen molar-refractivity contribution in [3.8, 4) is 0 Å².